The number of carboxylic acid groups (broad SMARTS) is 1. The third-order valence-electron chi connectivity index (χ3n) is 3.08. The summed E-state index contributed by atoms with van der Waals surface area (Å²) < 4.78 is 4.42. The second-order valence-corrected chi connectivity index (χ2v) is 4.35. The Kier molecular flexibility index (Phi) is 3.99. The van der Waals surface area contributed by atoms with Crippen LogP contribution >= 0.6 is 0 Å². The minimum Gasteiger partial charge on any atom is -0.481 e. The molecular formula is C13H13NO6. The van der Waals surface area contributed by atoms with Crippen molar-refractivity contribution in [2.45, 2.75) is 6.42 Å². The zero-order valence-electron chi connectivity index (χ0n) is 10.5. The van der Waals surface area contributed by atoms with Crippen LogP contribution in [0.2, 0.25) is 0 Å². The Labute approximate surface area is 114 Å². The zero-order valence-corrected chi connectivity index (χ0v) is 10.5. The number of ether oxygens (including phenoxy) is 1. The fourth-order valence-corrected chi connectivity index (χ4v) is 2.04. The van der Waals surface area contributed by atoms with E-state index in [1.54, 1.807) is 0 Å². The number of benzene rings is 1. The van der Waals surface area contributed by atoms with E-state index in [-0.39, 0.29) is 24.4 Å². The van der Waals surface area contributed by atoms with Crippen LogP contribution in [-0.4, -0.2) is 41.4 Å². The van der Waals surface area contributed by atoms with Gasteiger partial charge in [0, 0.05) is 18.7 Å². The molecule has 1 fully saturated rings. The van der Waals surface area contributed by atoms with Gasteiger partial charge < -0.3 is 19.8 Å². The van der Waals surface area contributed by atoms with Crippen LogP contribution in [-0.2, 0) is 14.3 Å². The number of nitrogens with zero attached hydrogens (tertiary/aromatic N) is 1. The van der Waals surface area contributed by atoms with Gasteiger partial charge in [0.15, 0.2) is 6.79 Å². The molecule has 1 saturated heterocycles. The van der Waals surface area contributed by atoms with Gasteiger partial charge in [-0.2, -0.15) is 0 Å². The third-order valence-corrected chi connectivity index (χ3v) is 3.08. The highest BCUT2D eigenvalue weighted by Gasteiger charge is 2.34. The van der Waals surface area contributed by atoms with Crippen LogP contribution in [0.3, 0.4) is 0 Å². The summed E-state index contributed by atoms with van der Waals surface area (Å²) in [7, 11) is 0. The summed E-state index contributed by atoms with van der Waals surface area (Å²) >= 11 is 0. The van der Waals surface area contributed by atoms with Gasteiger partial charge in [-0.15, -0.1) is 0 Å². The van der Waals surface area contributed by atoms with Crippen LogP contribution in [0.15, 0.2) is 24.3 Å². The van der Waals surface area contributed by atoms with Crippen LogP contribution in [0.4, 0.5) is 5.69 Å². The van der Waals surface area contributed by atoms with Crippen LogP contribution in [0.1, 0.15) is 16.8 Å². The normalized spacial score (nSPS) is 18.1. The van der Waals surface area contributed by atoms with Gasteiger partial charge in [-0.05, 0) is 24.3 Å². The highest BCUT2D eigenvalue weighted by molar-refractivity contribution is 5.99. The van der Waals surface area contributed by atoms with E-state index in [0.29, 0.717) is 5.69 Å². The van der Waals surface area contributed by atoms with Crippen LogP contribution in [0.25, 0.3) is 0 Å². The van der Waals surface area contributed by atoms with Crippen LogP contribution in [0.5, 0.6) is 0 Å². The largest absolute Gasteiger partial charge is 0.481 e. The summed E-state index contributed by atoms with van der Waals surface area (Å²) in [6.07, 6.45) is -0.0242. The number of carboxylic acids is 1. The molecule has 2 rings (SSSR count). The summed E-state index contributed by atoms with van der Waals surface area (Å²) in [6, 6.07) is 5.98. The van der Waals surface area contributed by atoms with E-state index in [0.717, 1.165) is 0 Å². The molecule has 0 aliphatic carbocycles. The number of aliphatic hydroxyl groups is 1. The molecular weight excluding hydrogens is 266 g/mol. The summed E-state index contributed by atoms with van der Waals surface area (Å²) in [4.78, 5) is 35.3. The molecule has 7 heteroatoms. The second-order valence-electron chi connectivity index (χ2n) is 4.35. The molecule has 1 heterocycles. The Balaban J connectivity index is 2.12. The van der Waals surface area contributed by atoms with E-state index in [1.165, 1.54) is 29.2 Å². The smallest absolute Gasteiger partial charge is 0.340 e. The number of rotatable bonds is 4. The molecule has 1 atom stereocenters. The van der Waals surface area contributed by atoms with Crippen molar-refractivity contribution < 1.29 is 29.3 Å². The van der Waals surface area contributed by atoms with Gasteiger partial charge in [0.1, 0.15) is 0 Å². The number of esters is 1. The number of aliphatic carboxylic acids is 1. The molecule has 1 aliphatic rings. The van der Waals surface area contributed by atoms with Gasteiger partial charge >= 0.3 is 11.9 Å². The van der Waals surface area contributed by atoms with Crippen LogP contribution < -0.4 is 4.90 Å². The SMILES string of the molecule is O=C(OCO)c1ccc(N2CC(C(=O)O)CC2=O)cc1. The lowest BCUT2D eigenvalue weighted by Crippen LogP contribution is -2.25. The number of amides is 1. The maximum atomic E-state index is 11.7. The van der Waals surface area contributed by atoms with Crippen molar-refractivity contribution in [1.29, 1.82) is 0 Å². The maximum absolute atomic E-state index is 11.7. The molecule has 1 aromatic carbocycles. The van der Waals surface area contributed by atoms with E-state index < -0.39 is 24.6 Å². The highest BCUT2D eigenvalue weighted by atomic mass is 16.6. The van der Waals surface area contributed by atoms with Crippen molar-refractivity contribution in [3.05, 3.63) is 29.8 Å². The maximum Gasteiger partial charge on any atom is 0.340 e. The summed E-state index contributed by atoms with van der Waals surface area (Å²) in [5.41, 5.74) is 0.767. The van der Waals surface area contributed by atoms with E-state index in [1.807, 2.05) is 0 Å². The first-order valence-corrected chi connectivity index (χ1v) is 5.94. The number of carbonyl (C=O) groups is 3. The average Bonchev–Trinajstić information content (AvgIpc) is 2.81. The van der Waals surface area contributed by atoms with E-state index >= 15 is 0 Å². The fourth-order valence-electron chi connectivity index (χ4n) is 2.04. The molecule has 20 heavy (non-hydrogen) atoms. The van der Waals surface area contributed by atoms with Gasteiger partial charge in [0.05, 0.1) is 11.5 Å². The molecule has 0 aromatic heterocycles. The van der Waals surface area contributed by atoms with Gasteiger partial charge in [0.2, 0.25) is 5.91 Å². The zero-order chi connectivity index (χ0) is 14.7. The molecule has 2 N–H and O–H groups in total. The number of hydrogen-bond donors (Lipinski definition) is 2. The van der Waals surface area contributed by atoms with Crippen molar-refractivity contribution >= 4 is 23.5 Å². The Morgan fingerprint density at radius 2 is 1.95 bits per heavy atom. The lowest BCUT2D eigenvalue weighted by molar-refractivity contribution is -0.141. The minimum atomic E-state index is -0.996. The first kappa shape index (κ1) is 14.0. The summed E-state index contributed by atoms with van der Waals surface area (Å²) in [5.74, 6) is -2.64. The van der Waals surface area contributed by atoms with E-state index in [4.69, 9.17) is 10.2 Å². The predicted molar refractivity (Wildman–Crippen MR) is 67.0 cm³/mol. The molecule has 1 aliphatic heterocycles. The van der Waals surface area contributed by atoms with Crippen molar-refractivity contribution in [3.63, 3.8) is 0 Å². The molecule has 0 bridgehead atoms. The average molecular weight is 279 g/mol. The molecule has 106 valence electrons. The Hall–Kier alpha value is -2.41. The van der Waals surface area contributed by atoms with Gasteiger partial charge in [-0.25, -0.2) is 4.79 Å². The molecule has 7 nitrogen and oxygen atoms in total. The standard InChI is InChI=1S/C13H13NO6/c15-7-20-13(19)8-1-3-10(4-2-8)14-6-9(12(17)18)5-11(14)16/h1-4,9,15H,5-7H2,(H,17,18). The monoisotopic (exact) mass is 279 g/mol. The highest BCUT2D eigenvalue weighted by Crippen LogP contribution is 2.25. The Bertz CT molecular complexity index is 538. The molecule has 0 saturated carbocycles. The second kappa shape index (κ2) is 5.70. The van der Waals surface area contributed by atoms with Crippen molar-refractivity contribution in [2.75, 3.05) is 18.2 Å². The summed E-state index contributed by atoms with van der Waals surface area (Å²) in [6.45, 7) is -0.583. The van der Waals surface area contributed by atoms with Crippen LogP contribution in [0, 0.1) is 5.92 Å². The summed E-state index contributed by atoms with van der Waals surface area (Å²) in [5, 5.41) is 17.4. The fraction of sp³-hybridized carbons (Fsp3) is 0.308. The number of aliphatic hydroxyl groups excluding tert-OH is 1. The lowest BCUT2D eigenvalue weighted by Gasteiger charge is -2.16. The molecule has 0 spiro atoms. The van der Waals surface area contributed by atoms with Crippen molar-refractivity contribution in [1.82, 2.24) is 0 Å². The first-order chi connectivity index (χ1) is 9.52. The number of carbonyl (C=O) groups excluding carboxylic acids is 2. The molecule has 1 amide bonds. The van der Waals surface area contributed by atoms with E-state index in [2.05, 4.69) is 4.74 Å². The Morgan fingerprint density at radius 1 is 1.30 bits per heavy atom. The number of anilines is 1. The number of hydrogen-bond acceptors (Lipinski definition) is 5. The lowest BCUT2D eigenvalue weighted by atomic mass is 10.1. The molecule has 1 aromatic rings. The third kappa shape index (κ3) is 2.77. The minimum absolute atomic E-state index is 0.0242. The van der Waals surface area contributed by atoms with E-state index in [9.17, 15) is 14.4 Å². The van der Waals surface area contributed by atoms with Crippen molar-refractivity contribution in [3.8, 4) is 0 Å². The van der Waals surface area contributed by atoms with Gasteiger partial charge in [-0.1, -0.05) is 0 Å². The topological polar surface area (TPSA) is 104 Å². The quantitative estimate of drug-likeness (QED) is 0.604. The van der Waals surface area contributed by atoms with Gasteiger partial charge in [-0.3, -0.25) is 9.59 Å². The first-order valence-electron chi connectivity index (χ1n) is 5.94. The predicted octanol–water partition coefficient (Wildman–Crippen LogP) is 0.231. The molecule has 0 radical (unpaired) electrons. The molecule has 1 unspecified atom stereocenters. The van der Waals surface area contributed by atoms with Crippen molar-refractivity contribution in [2.24, 2.45) is 5.92 Å². The Morgan fingerprint density at radius 3 is 2.45 bits per heavy atom. The van der Waals surface area contributed by atoms with Gasteiger partial charge in [0.25, 0.3) is 0 Å².